The number of ether oxygens (including phenoxy) is 2. The van der Waals surface area contributed by atoms with Gasteiger partial charge < -0.3 is 9.47 Å². The molecule has 1 heterocycles. The fourth-order valence-electron chi connectivity index (χ4n) is 4.57. The Morgan fingerprint density at radius 3 is 2.21 bits per heavy atom. The molecule has 0 aromatic rings. The summed E-state index contributed by atoms with van der Waals surface area (Å²) in [5.41, 5.74) is 0.356. The van der Waals surface area contributed by atoms with Gasteiger partial charge in [0, 0.05) is 0 Å². The Bertz CT molecular complexity index is 485. The van der Waals surface area contributed by atoms with Gasteiger partial charge in [0.05, 0.1) is 25.2 Å². The van der Waals surface area contributed by atoms with Gasteiger partial charge in [-0.05, 0) is 60.7 Å². The van der Waals surface area contributed by atoms with Crippen molar-refractivity contribution in [3.05, 3.63) is 0 Å². The van der Waals surface area contributed by atoms with Crippen LogP contribution in [0, 0.1) is 40.4 Å². The molecule has 6 atom stereocenters. The average Bonchev–Trinajstić information content (AvgIpc) is 2.59. The molecule has 6 unspecified atom stereocenters. The predicted molar refractivity (Wildman–Crippen MR) is 123 cm³/mol. The molecule has 1 fully saturated rings. The molecule has 0 amide bonds. The molecule has 0 N–H and O–H groups in total. The van der Waals surface area contributed by atoms with Crippen LogP contribution >= 0.6 is 0 Å². The lowest BCUT2D eigenvalue weighted by molar-refractivity contribution is -0.155. The maximum Gasteiger partial charge on any atom is 0.308 e. The first-order chi connectivity index (χ1) is 13.3. The lowest BCUT2D eigenvalue weighted by Crippen LogP contribution is -2.37. The number of carbonyl (C=O) groups excluding carboxylic acids is 1. The quantitative estimate of drug-likeness (QED) is 0.419. The van der Waals surface area contributed by atoms with Gasteiger partial charge in [0.1, 0.15) is 0 Å². The largest absolute Gasteiger partial charge is 0.465 e. The topological polar surface area (TPSA) is 35.5 Å². The molecule has 0 radical (unpaired) electrons. The van der Waals surface area contributed by atoms with E-state index in [1.54, 1.807) is 0 Å². The normalized spacial score (nSPS) is 28.9. The van der Waals surface area contributed by atoms with Gasteiger partial charge in [0.2, 0.25) is 0 Å². The fourth-order valence-corrected chi connectivity index (χ4v) is 4.57. The highest BCUT2D eigenvalue weighted by Crippen LogP contribution is 2.37. The number of hydrogen-bond acceptors (Lipinski definition) is 3. The second-order valence-electron chi connectivity index (χ2n) is 12.0. The van der Waals surface area contributed by atoms with Gasteiger partial charge in [-0.1, -0.05) is 75.2 Å². The molecule has 1 aliphatic rings. The van der Waals surface area contributed by atoms with Crippen molar-refractivity contribution < 1.29 is 14.3 Å². The zero-order valence-electron chi connectivity index (χ0n) is 21.1. The minimum Gasteiger partial charge on any atom is -0.465 e. The van der Waals surface area contributed by atoms with Crippen molar-refractivity contribution in [1.82, 2.24) is 0 Å². The number of carbonyl (C=O) groups is 1. The monoisotopic (exact) mass is 410 g/mol. The average molecular weight is 411 g/mol. The second kappa shape index (κ2) is 11.2. The Balaban J connectivity index is 2.89. The first-order valence-corrected chi connectivity index (χ1v) is 12.1. The summed E-state index contributed by atoms with van der Waals surface area (Å²) in [4.78, 5) is 13.2. The zero-order chi connectivity index (χ0) is 22.4. The molecule has 3 heteroatoms. The smallest absolute Gasteiger partial charge is 0.308 e. The van der Waals surface area contributed by atoms with Crippen molar-refractivity contribution in [3.8, 4) is 0 Å². The predicted octanol–water partition coefficient (Wildman–Crippen LogP) is 7.13. The van der Waals surface area contributed by atoms with E-state index in [1.807, 2.05) is 0 Å². The lowest BCUT2D eigenvalue weighted by Gasteiger charge is -2.37. The van der Waals surface area contributed by atoms with E-state index in [0.717, 1.165) is 38.7 Å². The van der Waals surface area contributed by atoms with Gasteiger partial charge in [-0.2, -0.15) is 0 Å². The maximum absolute atomic E-state index is 13.2. The van der Waals surface area contributed by atoms with E-state index >= 15 is 0 Å². The third-order valence-corrected chi connectivity index (χ3v) is 7.23. The molecular formula is C26H50O3. The van der Waals surface area contributed by atoms with E-state index in [4.69, 9.17) is 9.47 Å². The fraction of sp³-hybridized carbons (Fsp3) is 0.962. The van der Waals surface area contributed by atoms with Crippen LogP contribution in [0.3, 0.4) is 0 Å². The van der Waals surface area contributed by atoms with Crippen LogP contribution in [-0.2, 0) is 14.3 Å². The van der Waals surface area contributed by atoms with Gasteiger partial charge in [0.15, 0.2) is 0 Å². The van der Waals surface area contributed by atoms with Crippen LogP contribution in [-0.4, -0.2) is 25.3 Å². The summed E-state index contributed by atoms with van der Waals surface area (Å²) in [5.74, 6) is 1.83. The minimum absolute atomic E-state index is 0.000514. The molecular weight excluding hydrogens is 360 g/mol. The molecule has 0 saturated carbocycles. The lowest BCUT2D eigenvalue weighted by atomic mass is 9.72. The Kier molecular flexibility index (Phi) is 10.2. The van der Waals surface area contributed by atoms with Crippen LogP contribution in [0.5, 0.6) is 0 Å². The summed E-state index contributed by atoms with van der Waals surface area (Å²) in [6.45, 7) is 23.8. The highest BCUT2D eigenvalue weighted by molar-refractivity contribution is 5.72. The Labute approximate surface area is 181 Å². The highest BCUT2D eigenvalue weighted by Gasteiger charge is 2.35. The summed E-state index contributed by atoms with van der Waals surface area (Å²) in [6.07, 6.45) is 5.24. The molecule has 1 saturated heterocycles. The van der Waals surface area contributed by atoms with E-state index in [2.05, 4.69) is 69.2 Å². The molecule has 1 aliphatic heterocycles. The molecule has 0 aromatic heterocycles. The first-order valence-electron chi connectivity index (χ1n) is 12.1. The van der Waals surface area contributed by atoms with Gasteiger partial charge in [0.25, 0.3) is 0 Å². The number of hydrogen-bond donors (Lipinski definition) is 0. The van der Waals surface area contributed by atoms with Crippen LogP contribution in [0.1, 0.15) is 101 Å². The summed E-state index contributed by atoms with van der Waals surface area (Å²) < 4.78 is 12.2. The van der Waals surface area contributed by atoms with Gasteiger partial charge in [-0.3, -0.25) is 4.79 Å². The van der Waals surface area contributed by atoms with E-state index in [0.29, 0.717) is 30.3 Å². The Morgan fingerprint density at radius 2 is 1.72 bits per heavy atom. The molecule has 0 aromatic carbocycles. The molecule has 1 rings (SSSR count). The first kappa shape index (κ1) is 26.5. The van der Waals surface area contributed by atoms with Gasteiger partial charge in [-0.25, -0.2) is 0 Å². The molecule has 0 bridgehead atoms. The van der Waals surface area contributed by atoms with Crippen molar-refractivity contribution in [2.75, 3.05) is 13.2 Å². The van der Waals surface area contributed by atoms with E-state index in [-0.39, 0.29) is 28.8 Å². The standard InChI is InChI=1S/C26H50O3/c1-11-18(3)22-14-21(13-20(12-2)19(4)28-16-22)24(27)29-17-23(26(8,9)10)15-25(5,6)7/h18-23H,11-17H2,1-10H3. The van der Waals surface area contributed by atoms with Crippen molar-refractivity contribution in [3.63, 3.8) is 0 Å². The molecule has 29 heavy (non-hydrogen) atoms. The van der Waals surface area contributed by atoms with Crippen LogP contribution < -0.4 is 0 Å². The van der Waals surface area contributed by atoms with Gasteiger partial charge >= 0.3 is 5.97 Å². The van der Waals surface area contributed by atoms with Crippen molar-refractivity contribution >= 4 is 5.97 Å². The zero-order valence-corrected chi connectivity index (χ0v) is 21.1. The highest BCUT2D eigenvalue weighted by atomic mass is 16.5. The van der Waals surface area contributed by atoms with Crippen LogP contribution in [0.25, 0.3) is 0 Å². The molecule has 0 spiro atoms. The van der Waals surface area contributed by atoms with Crippen molar-refractivity contribution in [2.24, 2.45) is 40.4 Å². The molecule has 0 aliphatic carbocycles. The number of rotatable bonds is 7. The summed E-state index contributed by atoms with van der Waals surface area (Å²) >= 11 is 0. The van der Waals surface area contributed by atoms with Crippen LogP contribution in [0.2, 0.25) is 0 Å². The van der Waals surface area contributed by atoms with Crippen LogP contribution in [0.4, 0.5) is 0 Å². The van der Waals surface area contributed by atoms with E-state index < -0.39 is 0 Å². The maximum atomic E-state index is 13.2. The summed E-state index contributed by atoms with van der Waals surface area (Å²) in [5, 5.41) is 0. The Hall–Kier alpha value is -0.570. The van der Waals surface area contributed by atoms with E-state index in [9.17, 15) is 4.79 Å². The van der Waals surface area contributed by atoms with E-state index in [1.165, 1.54) is 0 Å². The second-order valence-corrected chi connectivity index (χ2v) is 12.0. The van der Waals surface area contributed by atoms with Gasteiger partial charge in [-0.15, -0.1) is 0 Å². The third-order valence-electron chi connectivity index (χ3n) is 7.23. The Morgan fingerprint density at radius 1 is 1.10 bits per heavy atom. The molecule has 172 valence electrons. The number of esters is 1. The minimum atomic E-state index is 0.000514. The van der Waals surface area contributed by atoms with Crippen molar-refractivity contribution in [2.45, 2.75) is 107 Å². The SMILES string of the molecule is CCC(C)C1COC(C)C(CC)CC(C(=O)OCC(CC(C)(C)C)C(C)(C)C)C1. The summed E-state index contributed by atoms with van der Waals surface area (Å²) in [7, 11) is 0. The van der Waals surface area contributed by atoms with Crippen LogP contribution in [0.15, 0.2) is 0 Å². The van der Waals surface area contributed by atoms with Crippen molar-refractivity contribution in [1.29, 1.82) is 0 Å². The third kappa shape index (κ3) is 8.99. The molecule has 3 nitrogen and oxygen atoms in total. The summed E-state index contributed by atoms with van der Waals surface area (Å²) in [6, 6.07) is 0.